The summed E-state index contributed by atoms with van der Waals surface area (Å²) in [6.07, 6.45) is 0. The Kier molecular flexibility index (Phi) is 4.59. The van der Waals surface area contributed by atoms with Crippen molar-refractivity contribution in [1.29, 1.82) is 0 Å². The minimum absolute atomic E-state index is 0.364. The fourth-order valence-corrected chi connectivity index (χ4v) is 1.55. The third kappa shape index (κ3) is 3.22. The lowest BCUT2D eigenvalue weighted by Crippen LogP contribution is -2.28. The predicted octanol–water partition coefficient (Wildman–Crippen LogP) is 1.65. The van der Waals surface area contributed by atoms with Crippen LogP contribution in [0.25, 0.3) is 0 Å². The normalized spacial score (nSPS) is 12.9. The van der Waals surface area contributed by atoms with Gasteiger partial charge >= 0.3 is 0 Å². The van der Waals surface area contributed by atoms with Crippen LogP contribution < -0.4 is 10.5 Å². The van der Waals surface area contributed by atoms with Crippen LogP contribution in [-0.4, -0.2) is 32.1 Å². The van der Waals surface area contributed by atoms with Gasteiger partial charge in [0.15, 0.2) is 0 Å². The molecule has 0 aliphatic heterocycles. The minimum atomic E-state index is 0.364. The molecule has 0 fully saturated rings. The fourth-order valence-electron chi connectivity index (χ4n) is 1.55. The summed E-state index contributed by atoms with van der Waals surface area (Å²) in [4.78, 5) is 2.23. The molecule has 3 heteroatoms. The van der Waals surface area contributed by atoms with Crippen molar-refractivity contribution < 1.29 is 4.74 Å². The molecule has 0 spiro atoms. The van der Waals surface area contributed by atoms with Crippen LogP contribution in [0.1, 0.15) is 18.5 Å². The number of likely N-dealkylation sites (N-methyl/N-ethyl adjacent to an activating group) is 1. The number of ether oxygens (including phenoxy) is 1. The molecule has 0 aromatic heterocycles. The maximum atomic E-state index is 5.54. The van der Waals surface area contributed by atoms with E-state index < -0.39 is 0 Å². The van der Waals surface area contributed by atoms with E-state index in [1.54, 1.807) is 7.11 Å². The Balaban J connectivity index is 2.76. The van der Waals surface area contributed by atoms with Crippen LogP contribution in [0.5, 0.6) is 5.75 Å². The molecule has 1 unspecified atom stereocenters. The number of nitrogens with two attached hydrogens (primary N) is 1. The molecule has 1 rings (SSSR count). The molecule has 84 valence electrons. The summed E-state index contributed by atoms with van der Waals surface area (Å²) in [5.41, 5.74) is 6.79. The van der Waals surface area contributed by atoms with Crippen LogP contribution in [0.3, 0.4) is 0 Å². The number of benzene rings is 1. The van der Waals surface area contributed by atoms with Gasteiger partial charge in [0.2, 0.25) is 0 Å². The summed E-state index contributed by atoms with van der Waals surface area (Å²) in [5.74, 6) is 0.903. The number of hydrogen-bond acceptors (Lipinski definition) is 3. The van der Waals surface area contributed by atoms with Gasteiger partial charge in [-0.25, -0.2) is 0 Å². The smallest absolute Gasteiger partial charge is 0.119 e. The van der Waals surface area contributed by atoms with Crippen molar-refractivity contribution in [2.45, 2.75) is 13.0 Å². The molecule has 1 atom stereocenters. The van der Waals surface area contributed by atoms with E-state index in [1.165, 1.54) is 5.56 Å². The first-order valence-electron chi connectivity index (χ1n) is 5.23. The van der Waals surface area contributed by atoms with Crippen molar-refractivity contribution in [2.24, 2.45) is 5.73 Å². The van der Waals surface area contributed by atoms with Gasteiger partial charge in [-0.05, 0) is 31.7 Å². The van der Waals surface area contributed by atoms with Gasteiger partial charge in [-0.1, -0.05) is 12.1 Å². The monoisotopic (exact) mass is 208 g/mol. The molecule has 0 aliphatic rings. The largest absolute Gasteiger partial charge is 0.497 e. The second-order valence-corrected chi connectivity index (χ2v) is 3.72. The highest BCUT2D eigenvalue weighted by Gasteiger charge is 2.10. The Hall–Kier alpha value is -1.06. The van der Waals surface area contributed by atoms with Gasteiger partial charge in [0.1, 0.15) is 5.75 Å². The molecular formula is C12H20N2O. The van der Waals surface area contributed by atoms with E-state index in [0.717, 1.165) is 12.3 Å². The lowest BCUT2D eigenvalue weighted by molar-refractivity contribution is 0.268. The Bertz CT molecular complexity index is 301. The van der Waals surface area contributed by atoms with Crippen molar-refractivity contribution in [3.63, 3.8) is 0 Å². The SMILES string of the molecule is COc1cccc(C(C)N(C)CCN)c1. The number of rotatable bonds is 5. The molecule has 0 aliphatic carbocycles. The summed E-state index contributed by atoms with van der Waals surface area (Å²) < 4.78 is 5.20. The molecule has 0 heterocycles. The summed E-state index contributed by atoms with van der Waals surface area (Å²) in [7, 11) is 3.77. The van der Waals surface area contributed by atoms with Crippen LogP contribution in [0, 0.1) is 0 Å². The zero-order chi connectivity index (χ0) is 11.3. The van der Waals surface area contributed by atoms with E-state index in [2.05, 4.69) is 31.0 Å². The van der Waals surface area contributed by atoms with Crippen molar-refractivity contribution in [3.8, 4) is 5.75 Å². The van der Waals surface area contributed by atoms with E-state index in [0.29, 0.717) is 12.6 Å². The topological polar surface area (TPSA) is 38.5 Å². The Morgan fingerprint density at radius 3 is 2.80 bits per heavy atom. The second-order valence-electron chi connectivity index (χ2n) is 3.72. The van der Waals surface area contributed by atoms with Crippen molar-refractivity contribution >= 4 is 0 Å². The predicted molar refractivity (Wildman–Crippen MR) is 63.1 cm³/mol. The third-order valence-corrected chi connectivity index (χ3v) is 2.72. The quantitative estimate of drug-likeness (QED) is 0.799. The van der Waals surface area contributed by atoms with Gasteiger partial charge in [-0.2, -0.15) is 0 Å². The Morgan fingerprint density at radius 2 is 2.20 bits per heavy atom. The van der Waals surface area contributed by atoms with E-state index >= 15 is 0 Å². The van der Waals surface area contributed by atoms with Crippen LogP contribution in [0.2, 0.25) is 0 Å². The van der Waals surface area contributed by atoms with Crippen LogP contribution in [0.4, 0.5) is 0 Å². The van der Waals surface area contributed by atoms with Gasteiger partial charge in [0, 0.05) is 19.1 Å². The third-order valence-electron chi connectivity index (χ3n) is 2.72. The van der Waals surface area contributed by atoms with Gasteiger partial charge in [-0.15, -0.1) is 0 Å². The molecule has 1 aromatic carbocycles. The summed E-state index contributed by atoms with van der Waals surface area (Å²) in [5, 5.41) is 0. The molecule has 0 saturated heterocycles. The summed E-state index contributed by atoms with van der Waals surface area (Å²) in [6, 6.07) is 8.52. The second kappa shape index (κ2) is 5.73. The van der Waals surface area contributed by atoms with E-state index in [9.17, 15) is 0 Å². The van der Waals surface area contributed by atoms with Crippen LogP contribution in [-0.2, 0) is 0 Å². The van der Waals surface area contributed by atoms with Gasteiger partial charge in [0.25, 0.3) is 0 Å². The number of nitrogens with zero attached hydrogens (tertiary/aromatic N) is 1. The number of methoxy groups -OCH3 is 1. The van der Waals surface area contributed by atoms with E-state index in [1.807, 2.05) is 12.1 Å². The van der Waals surface area contributed by atoms with Crippen molar-refractivity contribution in [3.05, 3.63) is 29.8 Å². The Labute approximate surface area is 91.8 Å². The highest BCUT2D eigenvalue weighted by atomic mass is 16.5. The van der Waals surface area contributed by atoms with Gasteiger partial charge in [-0.3, -0.25) is 4.90 Å². The molecular weight excluding hydrogens is 188 g/mol. The number of hydrogen-bond donors (Lipinski definition) is 1. The molecule has 0 amide bonds. The molecule has 2 N–H and O–H groups in total. The van der Waals surface area contributed by atoms with Gasteiger partial charge < -0.3 is 10.5 Å². The lowest BCUT2D eigenvalue weighted by atomic mass is 10.1. The fraction of sp³-hybridized carbons (Fsp3) is 0.500. The maximum Gasteiger partial charge on any atom is 0.119 e. The molecule has 0 saturated carbocycles. The standard InChI is InChI=1S/C12H20N2O/c1-10(14(2)8-7-13)11-5-4-6-12(9-11)15-3/h4-6,9-10H,7-8,13H2,1-3H3. The average Bonchev–Trinajstić information content (AvgIpc) is 2.28. The van der Waals surface area contributed by atoms with E-state index in [-0.39, 0.29) is 0 Å². The highest BCUT2D eigenvalue weighted by Crippen LogP contribution is 2.22. The molecule has 1 aromatic rings. The highest BCUT2D eigenvalue weighted by molar-refractivity contribution is 5.30. The van der Waals surface area contributed by atoms with E-state index in [4.69, 9.17) is 10.5 Å². The van der Waals surface area contributed by atoms with Gasteiger partial charge in [0.05, 0.1) is 7.11 Å². The molecule has 3 nitrogen and oxygen atoms in total. The molecule has 15 heavy (non-hydrogen) atoms. The summed E-state index contributed by atoms with van der Waals surface area (Å²) in [6.45, 7) is 3.76. The Morgan fingerprint density at radius 1 is 1.47 bits per heavy atom. The first-order valence-corrected chi connectivity index (χ1v) is 5.23. The lowest BCUT2D eigenvalue weighted by Gasteiger charge is -2.24. The summed E-state index contributed by atoms with van der Waals surface area (Å²) >= 11 is 0. The van der Waals surface area contributed by atoms with Crippen molar-refractivity contribution in [2.75, 3.05) is 27.2 Å². The first kappa shape index (κ1) is 12.0. The van der Waals surface area contributed by atoms with Crippen LogP contribution in [0.15, 0.2) is 24.3 Å². The average molecular weight is 208 g/mol. The van der Waals surface area contributed by atoms with Crippen molar-refractivity contribution in [1.82, 2.24) is 4.90 Å². The van der Waals surface area contributed by atoms with Crippen LogP contribution >= 0.6 is 0 Å². The maximum absolute atomic E-state index is 5.54. The molecule has 0 radical (unpaired) electrons. The zero-order valence-electron chi connectivity index (χ0n) is 9.73. The minimum Gasteiger partial charge on any atom is -0.497 e. The first-order chi connectivity index (χ1) is 7.19. The zero-order valence-corrected chi connectivity index (χ0v) is 9.73. The molecule has 0 bridgehead atoms.